The maximum atomic E-state index is 12.5. The highest BCUT2D eigenvalue weighted by atomic mass is 32.1. The summed E-state index contributed by atoms with van der Waals surface area (Å²) in [5.74, 6) is 1.34. The third-order valence-electron chi connectivity index (χ3n) is 3.96. The number of rotatable bonds is 9. The SMILES string of the molecule is CCCN(CC(=O)Nc1ccccc1OC)Cc1csc(-c2ccco2)n1. The van der Waals surface area contributed by atoms with E-state index in [1.165, 1.54) is 0 Å². The molecule has 0 saturated heterocycles. The number of carbonyl (C=O) groups excluding carboxylic acids is 1. The quantitative estimate of drug-likeness (QED) is 0.596. The summed E-state index contributed by atoms with van der Waals surface area (Å²) in [5, 5.41) is 5.79. The minimum atomic E-state index is -0.0746. The maximum absolute atomic E-state index is 12.5. The Morgan fingerprint density at radius 2 is 2.15 bits per heavy atom. The number of ether oxygens (including phenoxy) is 1. The van der Waals surface area contributed by atoms with E-state index in [-0.39, 0.29) is 5.91 Å². The van der Waals surface area contributed by atoms with Crippen molar-refractivity contribution in [2.75, 3.05) is 25.5 Å². The number of carbonyl (C=O) groups is 1. The largest absolute Gasteiger partial charge is 0.495 e. The molecule has 7 heteroatoms. The minimum Gasteiger partial charge on any atom is -0.495 e. The lowest BCUT2D eigenvalue weighted by molar-refractivity contribution is -0.117. The number of thiazole rings is 1. The molecular formula is C20H23N3O3S. The Hall–Kier alpha value is -2.64. The van der Waals surface area contributed by atoms with Crippen LogP contribution in [0.25, 0.3) is 10.8 Å². The van der Waals surface area contributed by atoms with Crippen LogP contribution in [0.15, 0.2) is 52.5 Å². The van der Waals surface area contributed by atoms with Gasteiger partial charge in [0.2, 0.25) is 5.91 Å². The Morgan fingerprint density at radius 1 is 1.30 bits per heavy atom. The van der Waals surface area contributed by atoms with E-state index in [2.05, 4.69) is 22.1 Å². The number of anilines is 1. The lowest BCUT2D eigenvalue weighted by Gasteiger charge is -2.20. The van der Waals surface area contributed by atoms with Crippen molar-refractivity contribution in [1.82, 2.24) is 9.88 Å². The molecule has 0 fully saturated rings. The Balaban J connectivity index is 1.62. The van der Waals surface area contributed by atoms with Crippen molar-refractivity contribution in [2.24, 2.45) is 0 Å². The molecular weight excluding hydrogens is 362 g/mol. The monoisotopic (exact) mass is 385 g/mol. The number of hydrogen-bond donors (Lipinski definition) is 1. The van der Waals surface area contributed by atoms with Crippen LogP contribution in [0.4, 0.5) is 5.69 Å². The van der Waals surface area contributed by atoms with E-state index in [9.17, 15) is 4.79 Å². The van der Waals surface area contributed by atoms with Crippen molar-refractivity contribution in [2.45, 2.75) is 19.9 Å². The zero-order valence-corrected chi connectivity index (χ0v) is 16.3. The Morgan fingerprint density at radius 3 is 2.89 bits per heavy atom. The second kappa shape index (κ2) is 9.34. The predicted molar refractivity (Wildman–Crippen MR) is 107 cm³/mol. The summed E-state index contributed by atoms with van der Waals surface area (Å²) in [6, 6.07) is 11.1. The second-order valence-corrected chi connectivity index (χ2v) is 6.94. The molecule has 0 unspecified atom stereocenters. The highest BCUT2D eigenvalue weighted by Gasteiger charge is 2.15. The molecule has 0 aliphatic rings. The predicted octanol–water partition coefficient (Wildman–Crippen LogP) is 4.26. The van der Waals surface area contributed by atoms with Gasteiger partial charge in [0.15, 0.2) is 10.8 Å². The van der Waals surface area contributed by atoms with Gasteiger partial charge < -0.3 is 14.5 Å². The van der Waals surface area contributed by atoms with E-state index in [0.29, 0.717) is 24.5 Å². The van der Waals surface area contributed by atoms with Gasteiger partial charge in [0.25, 0.3) is 0 Å². The third kappa shape index (κ3) is 5.18. The molecule has 0 aliphatic carbocycles. The zero-order chi connectivity index (χ0) is 19.1. The molecule has 0 bridgehead atoms. The van der Waals surface area contributed by atoms with E-state index in [0.717, 1.165) is 29.4 Å². The molecule has 3 rings (SSSR count). The van der Waals surface area contributed by atoms with Crippen LogP contribution in [0.3, 0.4) is 0 Å². The van der Waals surface area contributed by atoms with Gasteiger partial charge in [0, 0.05) is 11.9 Å². The Kier molecular flexibility index (Phi) is 6.62. The van der Waals surface area contributed by atoms with Gasteiger partial charge >= 0.3 is 0 Å². The van der Waals surface area contributed by atoms with Crippen LogP contribution in [-0.2, 0) is 11.3 Å². The number of amides is 1. The van der Waals surface area contributed by atoms with E-state index in [1.54, 1.807) is 24.7 Å². The summed E-state index contributed by atoms with van der Waals surface area (Å²) in [5.41, 5.74) is 1.61. The summed E-state index contributed by atoms with van der Waals surface area (Å²) in [6.45, 7) is 3.82. The number of nitrogens with one attached hydrogen (secondary N) is 1. The summed E-state index contributed by atoms with van der Waals surface area (Å²) in [7, 11) is 1.59. The number of para-hydroxylation sites is 2. The smallest absolute Gasteiger partial charge is 0.238 e. The maximum Gasteiger partial charge on any atom is 0.238 e. The molecule has 2 aromatic heterocycles. The fourth-order valence-electron chi connectivity index (χ4n) is 2.79. The number of benzene rings is 1. The summed E-state index contributed by atoms with van der Waals surface area (Å²) in [4.78, 5) is 19.2. The van der Waals surface area contributed by atoms with Crippen molar-refractivity contribution in [3.63, 3.8) is 0 Å². The van der Waals surface area contributed by atoms with E-state index in [4.69, 9.17) is 9.15 Å². The third-order valence-corrected chi connectivity index (χ3v) is 4.86. The first kappa shape index (κ1) is 19.1. The van der Waals surface area contributed by atoms with Crippen LogP contribution in [-0.4, -0.2) is 36.0 Å². The molecule has 2 heterocycles. The number of methoxy groups -OCH3 is 1. The van der Waals surface area contributed by atoms with Gasteiger partial charge in [0.05, 0.1) is 31.3 Å². The second-order valence-electron chi connectivity index (χ2n) is 6.08. The highest BCUT2D eigenvalue weighted by molar-refractivity contribution is 7.13. The molecule has 3 aromatic rings. The molecule has 0 spiro atoms. The summed E-state index contributed by atoms with van der Waals surface area (Å²) >= 11 is 1.55. The lowest BCUT2D eigenvalue weighted by Crippen LogP contribution is -2.33. The molecule has 1 amide bonds. The van der Waals surface area contributed by atoms with Gasteiger partial charge in [-0.2, -0.15) is 0 Å². The number of furan rings is 1. The van der Waals surface area contributed by atoms with Gasteiger partial charge in [-0.3, -0.25) is 9.69 Å². The fraction of sp³-hybridized carbons (Fsp3) is 0.300. The average Bonchev–Trinajstić information content (AvgIpc) is 3.34. The molecule has 27 heavy (non-hydrogen) atoms. The molecule has 0 atom stereocenters. The van der Waals surface area contributed by atoms with Crippen molar-refractivity contribution in [3.8, 4) is 16.5 Å². The van der Waals surface area contributed by atoms with Crippen LogP contribution in [0.2, 0.25) is 0 Å². The highest BCUT2D eigenvalue weighted by Crippen LogP contribution is 2.25. The molecule has 6 nitrogen and oxygen atoms in total. The first-order valence-corrected chi connectivity index (χ1v) is 9.71. The number of aromatic nitrogens is 1. The van der Waals surface area contributed by atoms with E-state index in [1.807, 2.05) is 41.8 Å². The average molecular weight is 385 g/mol. The molecule has 0 aliphatic heterocycles. The van der Waals surface area contributed by atoms with Crippen molar-refractivity contribution in [1.29, 1.82) is 0 Å². The standard InChI is InChI=1S/C20H23N3O3S/c1-3-10-23(12-15-14-27-20(21-15)18-9-6-11-26-18)13-19(24)22-16-7-4-5-8-17(16)25-2/h4-9,11,14H,3,10,12-13H2,1-2H3,(H,22,24). The zero-order valence-electron chi connectivity index (χ0n) is 15.5. The van der Waals surface area contributed by atoms with Gasteiger partial charge in [-0.1, -0.05) is 19.1 Å². The van der Waals surface area contributed by atoms with Crippen molar-refractivity contribution < 1.29 is 13.9 Å². The Bertz CT molecular complexity index is 861. The van der Waals surface area contributed by atoms with Gasteiger partial charge in [-0.25, -0.2) is 4.98 Å². The van der Waals surface area contributed by atoms with Crippen molar-refractivity contribution in [3.05, 3.63) is 53.7 Å². The molecule has 1 N–H and O–H groups in total. The van der Waals surface area contributed by atoms with Gasteiger partial charge in [-0.05, 0) is 37.2 Å². The molecule has 1 aromatic carbocycles. The van der Waals surface area contributed by atoms with Crippen LogP contribution in [0, 0.1) is 0 Å². The van der Waals surface area contributed by atoms with Crippen LogP contribution in [0.1, 0.15) is 19.0 Å². The summed E-state index contributed by atoms with van der Waals surface area (Å²) in [6.07, 6.45) is 2.60. The number of nitrogens with zero attached hydrogens (tertiary/aromatic N) is 2. The Labute approximate surface area is 162 Å². The van der Waals surface area contributed by atoms with E-state index >= 15 is 0 Å². The lowest BCUT2D eigenvalue weighted by atomic mass is 10.3. The topological polar surface area (TPSA) is 67.6 Å². The molecule has 142 valence electrons. The van der Waals surface area contributed by atoms with Crippen LogP contribution in [0.5, 0.6) is 5.75 Å². The van der Waals surface area contributed by atoms with E-state index < -0.39 is 0 Å². The van der Waals surface area contributed by atoms with Crippen LogP contribution < -0.4 is 10.1 Å². The van der Waals surface area contributed by atoms with Crippen molar-refractivity contribution >= 4 is 22.9 Å². The molecule has 0 radical (unpaired) electrons. The first-order chi connectivity index (χ1) is 13.2. The van der Waals surface area contributed by atoms with Crippen LogP contribution >= 0.6 is 11.3 Å². The van der Waals surface area contributed by atoms with Gasteiger partial charge in [0.1, 0.15) is 5.75 Å². The first-order valence-electron chi connectivity index (χ1n) is 8.83. The normalized spacial score (nSPS) is 10.9. The minimum absolute atomic E-state index is 0.0746. The number of hydrogen-bond acceptors (Lipinski definition) is 6. The molecule has 0 saturated carbocycles. The van der Waals surface area contributed by atoms with Gasteiger partial charge in [-0.15, -0.1) is 11.3 Å². The fourth-order valence-corrected chi connectivity index (χ4v) is 3.57. The summed E-state index contributed by atoms with van der Waals surface area (Å²) < 4.78 is 10.7.